The Balaban J connectivity index is 2.68. The third kappa shape index (κ3) is 4.35. The summed E-state index contributed by atoms with van der Waals surface area (Å²) in [5.41, 5.74) is 0.439. The van der Waals surface area contributed by atoms with Crippen molar-refractivity contribution in [2.45, 2.75) is 25.5 Å². The molecule has 4 nitrogen and oxygen atoms in total. The molecule has 0 aliphatic carbocycles. The largest absolute Gasteiger partial charge is 0.386 e. The Morgan fingerprint density at radius 2 is 1.90 bits per heavy atom. The molecule has 1 aromatic carbocycles. The van der Waals surface area contributed by atoms with E-state index in [4.69, 9.17) is 23.2 Å². The van der Waals surface area contributed by atoms with Gasteiger partial charge in [0, 0.05) is 22.2 Å². The van der Waals surface area contributed by atoms with Crippen molar-refractivity contribution in [3.8, 4) is 0 Å². The first-order valence-electron chi connectivity index (χ1n) is 6.44. The third-order valence-corrected chi connectivity index (χ3v) is 3.77. The highest BCUT2D eigenvalue weighted by molar-refractivity contribution is 6.36. The van der Waals surface area contributed by atoms with Crippen LogP contribution < -0.4 is 5.32 Å². The molecule has 0 aliphatic heterocycles. The van der Waals surface area contributed by atoms with Gasteiger partial charge in [-0.3, -0.25) is 9.69 Å². The molecule has 20 heavy (non-hydrogen) atoms. The van der Waals surface area contributed by atoms with Crippen molar-refractivity contribution in [2.24, 2.45) is 0 Å². The van der Waals surface area contributed by atoms with E-state index in [9.17, 15) is 9.90 Å². The lowest BCUT2D eigenvalue weighted by atomic mass is 10.1. The van der Waals surface area contributed by atoms with Gasteiger partial charge in [0.05, 0.1) is 12.1 Å². The van der Waals surface area contributed by atoms with Gasteiger partial charge in [-0.2, -0.15) is 0 Å². The molecule has 112 valence electrons. The van der Waals surface area contributed by atoms with Crippen LogP contribution in [0.2, 0.25) is 10.0 Å². The molecular formula is C14H20Cl2N2O2. The first-order valence-corrected chi connectivity index (χ1v) is 7.20. The quantitative estimate of drug-likeness (QED) is 0.847. The molecule has 0 aromatic heterocycles. The van der Waals surface area contributed by atoms with Crippen LogP contribution in [0.5, 0.6) is 0 Å². The Morgan fingerprint density at radius 1 is 1.35 bits per heavy atom. The summed E-state index contributed by atoms with van der Waals surface area (Å²) in [5, 5.41) is 13.6. The molecule has 1 amide bonds. The second-order valence-electron chi connectivity index (χ2n) is 4.78. The minimum atomic E-state index is -0.931. The second-order valence-corrected chi connectivity index (χ2v) is 5.60. The molecule has 0 heterocycles. The smallest absolute Gasteiger partial charge is 0.237 e. The topological polar surface area (TPSA) is 52.6 Å². The minimum absolute atomic E-state index is 0.0760. The van der Waals surface area contributed by atoms with E-state index in [1.807, 2.05) is 25.9 Å². The summed E-state index contributed by atoms with van der Waals surface area (Å²) >= 11 is 12.0. The Hall–Kier alpha value is -0.810. The predicted octanol–water partition coefficient (Wildman–Crippen LogP) is 2.48. The molecule has 0 spiro atoms. The number of carbonyl (C=O) groups is 1. The second kappa shape index (κ2) is 7.84. The lowest BCUT2D eigenvalue weighted by molar-refractivity contribution is -0.126. The fourth-order valence-corrected chi connectivity index (χ4v) is 2.68. The van der Waals surface area contributed by atoms with Crippen molar-refractivity contribution in [1.82, 2.24) is 10.2 Å². The summed E-state index contributed by atoms with van der Waals surface area (Å²) in [6.45, 7) is 2.01. The van der Waals surface area contributed by atoms with E-state index >= 15 is 0 Å². The van der Waals surface area contributed by atoms with Gasteiger partial charge >= 0.3 is 0 Å². The van der Waals surface area contributed by atoms with Gasteiger partial charge in [0.2, 0.25) is 5.91 Å². The van der Waals surface area contributed by atoms with Gasteiger partial charge < -0.3 is 10.4 Å². The summed E-state index contributed by atoms with van der Waals surface area (Å²) < 4.78 is 0. The van der Waals surface area contributed by atoms with Crippen molar-refractivity contribution in [2.75, 3.05) is 20.6 Å². The number of benzene rings is 1. The standard InChI is InChI=1S/C14H20Cl2N2O2/c1-4-11(18(2)3)14(20)17-8-12(19)13-9(15)6-5-7-10(13)16/h5-7,11-12,19H,4,8H2,1-3H3,(H,17,20). The third-order valence-electron chi connectivity index (χ3n) is 3.12. The predicted molar refractivity (Wildman–Crippen MR) is 82.2 cm³/mol. The average Bonchev–Trinajstić information content (AvgIpc) is 2.36. The number of hydrogen-bond donors (Lipinski definition) is 2. The van der Waals surface area contributed by atoms with Gasteiger partial charge in [0.15, 0.2) is 0 Å². The number of amides is 1. The molecule has 1 rings (SSSR count). The Labute approximate surface area is 129 Å². The van der Waals surface area contributed by atoms with Gasteiger partial charge in [0.25, 0.3) is 0 Å². The summed E-state index contributed by atoms with van der Waals surface area (Å²) in [5.74, 6) is -0.125. The lowest BCUT2D eigenvalue weighted by Crippen LogP contribution is -2.44. The molecular weight excluding hydrogens is 299 g/mol. The van der Waals surface area contributed by atoms with Gasteiger partial charge in [-0.15, -0.1) is 0 Å². The molecule has 2 N–H and O–H groups in total. The zero-order valence-electron chi connectivity index (χ0n) is 11.9. The molecule has 0 saturated carbocycles. The molecule has 0 aliphatic rings. The number of carbonyl (C=O) groups excluding carboxylic acids is 1. The number of hydrogen-bond acceptors (Lipinski definition) is 3. The molecule has 6 heteroatoms. The number of likely N-dealkylation sites (N-methyl/N-ethyl adjacent to an activating group) is 1. The summed E-state index contributed by atoms with van der Waals surface area (Å²) in [7, 11) is 3.68. The van der Waals surface area contributed by atoms with Crippen molar-refractivity contribution in [3.05, 3.63) is 33.8 Å². The Kier molecular flexibility index (Phi) is 6.76. The first-order chi connectivity index (χ1) is 9.38. The molecule has 0 radical (unpaired) electrons. The van der Waals surface area contributed by atoms with E-state index in [2.05, 4.69) is 5.32 Å². The lowest BCUT2D eigenvalue weighted by Gasteiger charge is -2.23. The van der Waals surface area contributed by atoms with E-state index in [0.717, 1.165) is 0 Å². The number of rotatable bonds is 6. The molecule has 0 fully saturated rings. The van der Waals surface area contributed by atoms with Crippen molar-refractivity contribution < 1.29 is 9.90 Å². The molecule has 2 unspecified atom stereocenters. The van der Waals surface area contributed by atoms with Crippen LogP contribution in [0.15, 0.2) is 18.2 Å². The van der Waals surface area contributed by atoms with E-state index < -0.39 is 6.10 Å². The van der Waals surface area contributed by atoms with Crippen LogP contribution in [-0.2, 0) is 4.79 Å². The van der Waals surface area contributed by atoms with Crippen LogP contribution in [0.3, 0.4) is 0 Å². The normalized spacial score (nSPS) is 14.2. The summed E-state index contributed by atoms with van der Waals surface area (Å²) in [6.07, 6.45) is -0.235. The van der Waals surface area contributed by atoms with Crippen LogP contribution in [-0.4, -0.2) is 42.6 Å². The number of aliphatic hydroxyl groups excluding tert-OH is 1. The fraction of sp³-hybridized carbons (Fsp3) is 0.500. The number of nitrogens with one attached hydrogen (secondary N) is 1. The highest BCUT2D eigenvalue weighted by Crippen LogP contribution is 2.29. The van der Waals surface area contributed by atoms with Crippen LogP contribution in [0.4, 0.5) is 0 Å². The number of nitrogens with zero attached hydrogens (tertiary/aromatic N) is 1. The number of aliphatic hydroxyl groups is 1. The van der Waals surface area contributed by atoms with Gasteiger partial charge in [0.1, 0.15) is 0 Å². The average molecular weight is 319 g/mol. The molecule has 2 atom stereocenters. The van der Waals surface area contributed by atoms with Crippen LogP contribution in [0.25, 0.3) is 0 Å². The highest BCUT2D eigenvalue weighted by Gasteiger charge is 2.21. The van der Waals surface area contributed by atoms with Crippen molar-refractivity contribution >= 4 is 29.1 Å². The monoisotopic (exact) mass is 318 g/mol. The molecule has 0 bridgehead atoms. The van der Waals surface area contributed by atoms with E-state index in [1.54, 1.807) is 18.2 Å². The van der Waals surface area contributed by atoms with E-state index in [0.29, 0.717) is 22.0 Å². The maximum absolute atomic E-state index is 12.0. The first kappa shape index (κ1) is 17.2. The van der Waals surface area contributed by atoms with Gasteiger partial charge in [-0.25, -0.2) is 0 Å². The SMILES string of the molecule is CCC(C(=O)NCC(O)c1c(Cl)cccc1Cl)N(C)C. The molecule has 1 aromatic rings. The molecule has 0 saturated heterocycles. The van der Waals surface area contributed by atoms with Crippen LogP contribution in [0, 0.1) is 0 Å². The highest BCUT2D eigenvalue weighted by atomic mass is 35.5. The van der Waals surface area contributed by atoms with Crippen LogP contribution >= 0.6 is 23.2 Å². The van der Waals surface area contributed by atoms with Crippen molar-refractivity contribution in [3.63, 3.8) is 0 Å². The summed E-state index contributed by atoms with van der Waals surface area (Å²) in [4.78, 5) is 13.8. The summed E-state index contributed by atoms with van der Waals surface area (Å²) in [6, 6.07) is 4.80. The zero-order valence-corrected chi connectivity index (χ0v) is 13.4. The van der Waals surface area contributed by atoms with Crippen LogP contribution in [0.1, 0.15) is 25.0 Å². The zero-order chi connectivity index (χ0) is 15.3. The van der Waals surface area contributed by atoms with Gasteiger partial charge in [-0.1, -0.05) is 36.2 Å². The minimum Gasteiger partial charge on any atom is -0.386 e. The maximum atomic E-state index is 12.0. The Bertz CT molecular complexity index is 446. The fourth-order valence-electron chi connectivity index (χ4n) is 2.03. The van der Waals surface area contributed by atoms with Gasteiger partial charge in [-0.05, 0) is 32.6 Å². The maximum Gasteiger partial charge on any atom is 0.237 e. The van der Waals surface area contributed by atoms with E-state index in [1.165, 1.54) is 0 Å². The Morgan fingerprint density at radius 3 is 2.35 bits per heavy atom. The number of halogens is 2. The van der Waals surface area contributed by atoms with Crippen molar-refractivity contribution in [1.29, 1.82) is 0 Å². The van der Waals surface area contributed by atoms with E-state index in [-0.39, 0.29) is 18.5 Å².